The zero-order chi connectivity index (χ0) is 15.8. The highest BCUT2D eigenvalue weighted by Gasteiger charge is 2.36. The summed E-state index contributed by atoms with van der Waals surface area (Å²) in [5.41, 5.74) is -0.295. The van der Waals surface area contributed by atoms with Gasteiger partial charge in [-0.15, -0.1) is 0 Å². The summed E-state index contributed by atoms with van der Waals surface area (Å²) in [6.07, 6.45) is -3.52. The first-order valence-corrected chi connectivity index (χ1v) is 7.42. The normalized spacial score (nSPS) is 27.0. The van der Waals surface area contributed by atoms with Gasteiger partial charge in [0.1, 0.15) is 0 Å². The van der Waals surface area contributed by atoms with E-state index >= 15 is 0 Å². The molecule has 1 aromatic rings. The van der Waals surface area contributed by atoms with Crippen molar-refractivity contribution in [3.8, 4) is 0 Å². The van der Waals surface area contributed by atoms with Crippen molar-refractivity contribution in [2.45, 2.75) is 44.9 Å². The number of halogens is 4. The number of nitrogens with zero attached hydrogens (tertiary/aromatic N) is 1. The van der Waals surface area contributed by atoms with Crippen LogP contribution in [0.25, 0.3) is 0 Å². The number of alkyl halides is 3. The fourth-order valence-electron chi connectivity index (χ4n) is 2.58. The molecule has 0 aliphatic carbocycles. The number of hydrogen-bond donors (Lipinski definition) is 1. The Morgan fingerprint density at radius 3 is 2.67 bits per heavy atom. The summed E-state index contributed by atoms with van der Waals surface area (Å²) in [7, 11) is 0. The number of anilines is 1. The first-order chi connectivity index (χ1) is 9.66. The van der Waals surface area contributed by atoms with E-state index in [1.54, 1.807) is 6.07 Å². The summed E-state index contributed by atoms with van der Waals surface area (Å²) in [4.78, 5) is 2.02. The summed E-state index contributed by atoms with van der Waals surface area (Å²) >= 11 is 5.69. The fourth-order valence-corrected chi connectivity index (χ4v) is 2.81. The largest absolute Gasteiger partial charge is 0.417 e. The topological polar surface area (TPSA) is 15.3 Å². The molecule has 21 heavy (non-hydrogen) atoms. The van der Waals surface area contributed by atoms with E-state index in [1.165, 1.54) is 6.07 Å². The molecule has 1 fully saturated rings. The molecule has 1 aliphatic rings. The van der Waals surface area contributed by atoms with E-state index in [-0.39, 0.29) is 16.6 Å². The highest BCUT2D eigenvalue weighted by molar-refractivity contribution is 6.31. The third kappa shape index (κ3) is 3.46. The zero-order valence-corrected chi connectivity index (χ0v) is 13.1. The fraction of sp³-hybridized carbons (Fsp3) is 0.600. The van der Waals surface area contributed by atoms with Crippen molar-refractivity contribution in [2.24, 2.45) is 0 Å². The standard InChI is InChI=1S/C15H20ClF3N2/c1-4-14(3)9-21(10(2)8-20-14)11-5-6-13(16)12(7-11)15(17,18)19/h5-7,10,20H,4,8-9H2,1-3H3. The van der Waals surface area contributed by atoms with E-state index in [9.17, 15) is 13.2 Å². The van der Waals surface area contributed by atoms with Gasteiger partial charge in [-0.05, 0) is 38.5 Å². The quantitative estimate of drug-likeness (QED) is 0.872. The van der Waals surface area contributed by atoms with Crippen LogP contribution >= 0.6 is 11.6 Å². The first kappa shape index (κ1) is 16.4. The maximum atomic E-state index is 13.0. The van der Waals surface area contributed by atoms with Crippen LogP contribution in [0.3, 0.4) is 0 Å². The van der Waals surface area contributed by atoms with Crippen LogP contribution in [-0.4, -0.2) is 24.7 Å². The van der Waals surface area contributed by atoms with Crippen LogP contribution < -0.4 is 10.2 Å². The number of nitrogens with one attached hydrogen (secondary N) is 1. The smallest absolute Gasteiger partial charge is 0.366 e. The third-order valence-electron chi connectivity index (χ3n) is 4.24. The lowest BCUT2D eigenvalue weighted by atomic mass is 9.93. The molecule has 2 atom stereocenters. The Morgan fingerprint density at radius 1 is 1.43 bits per heavy atom. The molecular weight excluding hydrogens is 301 g/mol. The van der Waals surface area contributed by atoms with E-state index in [4.69, 9.17) is 11.6 Å². The second-order valence-corrected chi connectivity index (χ2v) is 6.34. The monoisotopic (exact) mass is 320 g/mol. The van der Waals surface area contributed by atoms with E-state index in [2.05, 4.69) is 19.2 Å². The lowest BCUT2D eigenvalue weighted by Gasteiger charge is -2.46. The van der Waals surface area contributed by atoms with Gasteiger partial charge in [0, 0.05) is 30.4 Å². The summed E-state index contributed by atoms with van der Waals surface area (Å²) in [6, 6.07) is 4.28. The molecule has 0 aromatic heterocycles. The van der Waals surface area contributed by atoms with Gasteiger partial charge in [-0.3, -0.25) is 0 Å². The van der Waals surface area contributed by atoms with Gasteiger partial charge in [0.2, 0.25) is 0 Å². The van der Waals surface area contributed by atoms with E-state index in [1.807, 2.05) is 11.8 Å². The van der Waals surface area contributed by atoms with Gasteiger partial charge < -0.3 is 10.2 Å². The molecule has 0 bridgehead atoms. The predicted octanol–water partition coefficient (Wildman–Crippen LogP) is 4.33. The van der Waals surface area contributed by atoms with Crippen molar-refractivity contribution in [3.05, 3.63) is 28.8 Å². The van der Waals surface area contributed by atoms with Gasteiger partial charge >= 0.3 is 6.18 Å². The van der Waals surface area contributed by atoms with Crippen molar-refractivity contribution in [1.82, 2.24) is 5.32 Å². The van der Waals surface area contributed by atoms with Gasteiger partial charge in [0.15, 0.2) is 0 Å². The Balaban J connectivity index is 2.36. The van der Waals surface area contributed by atoms with E-state index < -0.39 is 11.7 Å². The van der Waals surface area contributed by atoms with Gasteiger partial charge in [-0.25, -0.2) is 0 Å². The minimum Gasteiger partial charge on any atom is -0.366 e. The van der Waals surface area contributed by atoms with Crippen LogP contribution in [0.5, 0.6) is 0 Å². The summed E-state index contributed by atoms with van der Waals surface area (Å²) in [6.45, 7) is 7.58. The van der Waals surface area contributed by atoms with Gasteiger partial charge in [-0.2, -0.15) is 13.2 Å². The Kier molecular flexibility index (Phi) is 4.45. The maximum absolute atomic E-state index is 13.0. The zero-order valence-electron chi connectivity index (χ0n) is 12.4. The van der Waals surface area contributed by atoms with Crippen LogP contribution in [0.15, 0.2) is 18.2 Å². The second-order valence-electron chi connectivity index (χ2n) is 5.93. The molecule has 1 aromatic carbocycles. The summed E-state index contributed by atoms with van der Waals surface area (Å²) in [5, 5.41) is 3.20. The maximum Gasteiger partial charge on any atom is 0.417 e. The minimum atomic E-state index is -4.43. The molecule has 2 rings (SSSR count). The predicted molar refractivity (Wildman–Crippen MR) is 80.0 cm³/mol. The molecule has 1 N–H and O–H groups in total. The SMILES string of the molecule is CCC1(C)CN(c2ccc(Cl)c(C(F)(F)F)c2)C(C)CN1. The van der Waals surface area contributed by atoms with Crippen LogP contribution in [0, 0.1) is 0 Å². The average Bonchev–Trinajstić information content (AvgIpc) is 2.41. The van der Waals surface area contributed by atoms with Gasteiger partial charge in [-0.1, -0.05) is 18.5 Å². The Hall–Kier alpha value is -0.940. The van der Waals surface area contributed by atoms with Crippen molar-refractivity contribution < 1.29 is 13.2 Å². The molecule has 0 radical (unpaired) electrons. The van der Waals surface area contributed by atoms with Crippen LogP contribution in [-0.2, 0) is 6.18 Å². The van der Waals surface area contributed by atoms with Crippen LogP contribution in [0.2, 0.25) is 5.02 Å². The first-order valence-electron chi connectivity index (χ1n) is 7.05. The molecule has 0 spiro atoms. The Morgan fingerprint density at radius 2 is 2.10 bits per heavy atom. The molecule has 0 amide bonds. The number of benzene rings is 1. The van der Waals surface area contributed by atoms with Crippen molar-refractivity contribution in [1.29, 1.82) is 0 Å². The third-order valence-corrected chi connectivity index (χ3v) is 4.57. The number of piperazine rings is 1. The van der Waals surface area contributed by atoms with E-state index in [0.29, 0.717) is 12.2 Å². The Labute approximate surface area is 128 Å². The number of rotatable bonds is 2. The van der Waals surface area contributed by atoms with Crippen molar-refractivity contribution in [3.63, 3.8) is 0 Å². The average molecular weight is 321 g/mol. The molecule has 1 aliphatic heterocycles. The number of hydrogen-bond acceptors (Lipinski definition) is 2. The molecule has 118 valence electrons. The summed E-state index contributed by atoms with van der Waals surface area (Å²) in [5.74, 6) is 0. The van der Waals surface area contributed by atoms with Gasteiger partial charge in [0.05, 0.1) is 10.6 Å². The van der Waals surface area contributed by atoms with E-state index in [0.717, 1.165) is 19.0 Å². The second kappa shape index (κ2) is 5.69. The lowest BCUT2D eigenvalue weighted by Crippen LogP contribution is -2.62. The van der Waals surface area contributed by atoms with Crippen LogP contribution in [0.4, 0.5) is 18.9 Å². The van der Waals surface area contributed by atoms with Crippen LogP contribution in [0.1, 0.15) is 32.8 Å². The molecule has 2 nitrogen and oxygen atoms in total. The Bertz CT molecular complexity index is 518. The molecular formula is C15H20ClF3N2. The van der Waals surface area contributed by atoms with Crippen molar-refractivity contribution >= 4 is 17.3 Å². The highest BCUT2D eigenvalue weighted by atomic mass is 35.5. The highest BCUT2D eigenvalue weighted by Crippen LogP contribution is 2.38. The van der Waals surface area contributed by atoms with Crippen molar-refractivity contribution in [2.75, 3.05) is 18.0 Å². The minimum absolute atomic E-state index is 0.0927. The molecule has 6 heteroatoms. The molecule has 0 saturated carbocycles. The summed E-state index contributed by atoms with van der Waals surface area (Å²) < 4.78 is 39.0. The molecule has 1 saturated heterocycles. The van der Waals surface area contributed by atoms with Gasteiger partial charge in [0.25, 0.3) is 0 Å². The molecule has 1 heterocycles. The molecule has 2 unspecified atom stereocenters. The lowest BCUT2D eigenvalue weighted by molar-refractivity contribution is -0.137.